The van der Waals surface area contributed by atoms with Crippen LogP contribution in [0.25, 0.3) is 0 Å². The number of nitrogens with zero attached hydrogens (tertiary/aromatic N) is 1. The minimum atomic E-state index is -3.27. The molecule has 0 saturated carbocycles. The van der Waals surface area contributed by atoms with Gasteiger partial charge in [-0.3, -0.25) is 0 Å². The summed E-state index contributed by atoms with van der Waals surface area (Å²) < 4.78 is 25.7. The van der Waals surface area contributed by atoms with E-state index in [-0.39, 0.29) is 12.3 Å². The van der Waals surface area contributed by atoms with Gasteiger partial charge >= 0.3 is 0 Å². The van der Waals surface area contributed by atoms with Gasteiger partial charge in [-0.25, -0.2) is 13.1 Å². The first kappa shape index (κ1) is 16.8. The van der Waals surface area contributed by atoms with Crippen LogP contribution in [-0.4, -0.2) is 57.0 Å². The van der Waals surface area contributed by atoms with E-state index in [0.29, 0.717) is 18.9 Å². The molecule has 17 heavy (non-hydrogen) atoms. The zero-order valence-electron chi connectivity index (χ0n) is 11.5. The van der Waals surface area contributed by atoms with Crippen LogP contribution < -0.4 is 4.72 Å². The van der Waals surface area contributed by atoms with Crippen molar-refractivity contribution < 1.29 is 13.5 Å². The molecule has 0 amide bonds. The minimum absolute atomic E-state index is 0.0472. The standard InChI is InChI=1S/C11H26N2O3S/c1-10(2)6-7-17(15,16)12-8-11(3,14)9-13(4)5/h10,12,14H,6-9H2,1-5H3. The van der Waals surface area contributed by atoms with Crippen LogP contribution in [0.3, 0.4) is 0 Å². The molecule has 104 valence electrons. The fourth-order valence-corrected chi connectivity index (χ4v) is 2.92. The van der Waals surface area contributed by atoms with Crippen molar-refractivity contribution in [3.8, 4) is 0 Å². The average Bonchev–Trinajstić information content (AvgIpc) is 2.10. The molecule has 0 aromatic carbocycles. The van der Waals surface area contributed by atoms with E-state index in [9.17, 15) is 13.5 Å². The third-order valence-corrected chi connectivity index (χ3v) is 3.65. The van der Waals surface area contributed by atoms with Crippen molar-refractivity contribution in [2.45, 2.75) is 32.8 Å². The normalized spacial score (nSPS) is 16.5. The molecule has 6 heteroatoms. The van der Waals surface area contributed by atoms with E-state index in [2.05, 4.69) is 4.72 Å². The molecule has 0 aromatic heterocycles. The van der Waals surface area contributed by atoms with Gasteiger partial charge in [-0.05, 0) is 33.4 Å². The summed E-state index contributed by atoms with van der Waals surface area (Å²) in [5, 5.41) is 9.96. The average molecular weight is 266 g/mol. The van der Waals surface area contributed by atoms with Crippen molar-refractivity contribution in [3.05, 3.63) is 0 Å². The SMILES string of the molecule is CC(C)CCS(=O)(=O)NCC(C)(O)CN(C)C. The van der Waals surface area contributed by atoms with Crippen molar-refractivity contribution in [3.63, 3.8) is 0 Å². The van der Waals surface area contributed by atoms with Crippen LogP contribution in [0, 0.1) is 5.92 Å². The lowest BCUT2D eigenvalue weighted by atomic mass is 10.1. The van der Waals surface area contributed by atoms with Gasteiger partial charge in [0, 0.05) is 13.1 Å². The molecule has 0 radical (unpaired) electrons. The minimum Gasteiger partial charge on any atom is -0.387 e. The van der Waals surface area contributed by atoms with E-state index in [0.717, 1.165) is 0 Å². The Morgan fingerprint density at radius 1 is 1.35 bits per heavy atom. The van der Waals surface area contributed by atoms with Crippen molar-refractivity contribution in [2.24, 2.45) is 5.92 Å². The van der Waals surface area contributed by atoms with Crippen LogP contribution >= 0.6 is 0 Å². The van der Waals surface area contributed by atoms with Crippen molar-refractivity contribution in [1.29, 1.82) is 0 Å². The monoisotopic (exact) mass is 266 g/mol. The second kappa shape index (κ2) is 6.68. The maximum Gasteiger partial charge on any atom is 0.211 e. The third-order valence-electron chi connectivity index (χ3n) is 2.29. The van der Waals surface area contributed by atoms with Crippen LogP contribution in [0.1, 0.15) is 27.2 Å². The molecular weight excluding hydrogens is 240 g/mol. The quantitative estimate of drug-likeness (QED) is 0.661. The van der Waals surface area contributed by atoms with Crippen molar-refractivity contribution in [2.75, 3.05) is 32.9 Å². The predicted molar refractivity (Wildman–Crippen MR) is 70.4 cm³/mol. The number of aliphatic hydroxyl groups is 1. The molecule has 0 bridgehead atoms. The largest absolute Gasteiger partial charge is 0.387 e. The van der Waals surface area contributed by atoms with E-state index in [4.69, 9.17) is 0 Å². The van der Waals surface area contributed by atoms with E-state index in [1.807, 2.05) is 32.8 Å². The predicted octanol–water partition coefficient (Wildman–Crippen LogP) is 0.265. The highest BCUT2D eigenvalue weighted by atomic mass is 32.2. The molecule has 1 atom stereocenters. The Bertz CT molecular complexity index is 311. The van der Waals surface area contributed by atoms with Gasteiger partial charge in [0.25, 0.3) is 0 Å². The Labute approximate surface area is 105 Å². The summed E-state index contributed by atoms with van der Waals surface area (Å²) in [6, 6.07) is 0. The van der Waals surface area contributed by atoms with Gasteiger partial charge < -0.3 is 10.0 Å². The second-order valence-corrected chi connectivity index (χ2v) is 7.48. The summed E-state index contributed by atoms with van der Waals surface area (Å²) in [6.07, 6.45) is 0.630. The number of rotatable bonds is 8. The van der Waals surface area contributed by atoms with Gasteiger partial charge in [0.1, 0.15) is 0 Å². The molecule has 0 rings (SSSR count). The topological polar surface area (TPSA) is 69.6 Å². The summed E-state index contributed by atoms with van der Waals surface area (Å²) in [5.41, 5.74) is -1.05. The smallest absolute Gasteiger partial charge is 0.211 e. The van der Waals surface area contributed by atoms with Crippen LogP contribution in [0.2, 0.25) is 0 Å². The molecule has 0 fully saturated rings. The Morgan fingerprint density at radius 2 is 1.88 bits per heavy atom. The number of hydrogen-bond donors (Lipinski definition) is 2. The van der Waals surface area contributed by atoms with Gasteiger partial charge in [0.15, 0.2) is 0 Å². The second-order valence-electron chi connectivity index (χ2n) is 5.56. The van der Waals surface area contributed by atoms with E-state index >= 15 is 0 Å². The van der Waals surface area contributed by atoms with E-state index < -0.39 is 15.6 Å². The summed E-state index contributed by atoms with van der Waals surface area (Å²) in [6.45, 7) is 6.05. The van der Waals surface area contributed by atoms with Gasteiger partial charge in [-0.15, -0.1) is 0 Å². The molecule has 0 heterocycles. The Hall–Kier alpha value is -0.170. The zero-order valence-corrected chi connectivity index (χ0v) is 12.3. The molecule has 2 N–H and O–H groups in total. The maximum absolute atomic E-state index is 11.6. The number of nitrogens with one attached hydrogen (secondary N) is 1. The highest BCUT2D eigenvalue weighted by Crippen LogP contribution is 2.05. The molecular formula is C11H26N2O3S. The third kappa shape index (κ3) is 9.52. The van der Waals surface area contributed by atoms with Crippen LogP contribution in [0.15, 0.2) is 0 Å². The first-order chi connectivity index (χ1) is 7.54. The lowest BCUT2D eigenvalue weighted by Crippen LogP contribution is -2.47. The van der Waals surface area contributed by atoms with E-state index in [1.54, 1.807) is 6.92 Å². The van der Waals surface area contributed by atoms with Gasteiger partial charge in [-0.1, -0.05) is 13.8 Å². The van der Waals surface area contributed by atoms with Crippen LogP contribution in [0.5, 0.6) is 0 Å². The van der Waals surface area contributed by atoms with Gasteiger partial charge in [-0.2, -0.15) is 0 Å². The molecule has 0 aliphatic rings. The lowest BCUT2D eigenvalue weighted by Gasteiger charge is -2.27. The Kier molecular flexibility index (Phi) is 6.61. The molecule has 0 aromatic rings. The molecule has 0 spiro atoms. The molecule has 5 nitrogen and oxygen atoms in total. The summed E-state index contributed by atoms with van der Waals surface area (Å²) >= 11 is 0. The van der Waals surface area contributed by atoms with Crippen molar-refractivity contribution in [1.82, 2.24) is 9.62 Å². The molecule has 0 aliphatic heterocycles. The fraction of sp³-hybridized carbons (Fsp3) is 1.00. The zero-order chi connectivity index (χ0) is 13.7. The Morgan fingerprint density at radius 3 is 2.29 bits per heavy atom. The van der Waals surface area contributed by atoms with Gasteiger partial charge in [0.2, 0.25) is 10.0 Å². The Balaban J connectivity index is 4.17. The number of likely N-dealkylation sites (N-methyl/N-ethyl adjacent to an activating group) is 1. The first-order valence-corrected chi connectivity index (χ1v) is 7.54. The van der Waals surface area contributed by atoms with Crippen LogP contribution in [-0.2, 0) is 10.0 Å². The van der Waals surface area contributed by atoms with Crippen molar-refractivity contribution >= 4 is 10.0 Å². The highest BCUT2D eigenvalue weighted by molar-refractivity contribution is 7.89. The number of hydrogen-bond acceptors (Lipinski definition) is 4. The fourth-order valence-electron chi connectivity index (χ4n) is 1.47. The van der Waals surface area contributed by atoms with E-state index in [1.165, 1.54) is 0 Å². The first-order valence-electron chi connectivity index (χ1n) is 5.88. The molecule has 0 aliphatic carbocycles. The van der Waals surface area contributed by atoms with Gasteiger partial charge in [0.05, 0.1) is 11.4 Å². The highest BCUT2D eigenvalue weighted by Gasteiger charge is 2.23. The summed E-state index contributed by atoms with van der Waals surface area (Å²) in [7, 11) is 0.396. The summed E-state index contributed by atoms with van der Waals surface area (Å²) in [5.74, 6) is 0.469. The number of sulfonamides is 1. The summed E-state index contributed by atoms with van der Waals surface area (Å²) in [4.78, 5) is 1.82. The molecule has 1 unspecified atom stereocenters. The maximum atomic E-state index is 11.6. The van der Waals surface area contributed by atoms with Crippen LogP contribution in [0.4, 0.5) is 0 Å². The lowest BCUT2D eigenvalue weighted by molar-refractivity contribution is 0.0386. The molecule has 0 saturated heterocycles.